The summed E-state index contributed by atoms with van der Waals surface area (Å²) in [6.45, 7) is 0.498. The highest BCUT2D eigenvalue weighted by molar-refractivity contribution is 6.34. The van der Waals surface area contributed by atoms with E-state index in [2.05, 4.69) is 0 Å². The minimum atomic E-state index is -0.571. The molecule has 0 N–H and O–H groups in total. The van der Waals surface area contributed by atoms with Gasteiger partial charge in [0.2, 0.25) is 5.91 Å². The van der Waals surface area contributed by atoms with Crippen LogP contribution in [0.5, 0.6) is 0 Å². The van der Waals surface area contributed by atoms with Crippen molar-refractivity contribution >= 4 is 29.1 Å². The fourth-order valence-electron chi connectivity index (χ4n) is 3.62. The normalized spacial score (nSPS) is 13.0. The number of hydrogen-bond acceptors (Lipinski definition) is 5. The number of furan rings is 1. The number of benzene rings is 1. The molecule has 1 aromatic carbocycles. The van der Waals surface area contributed by atoms with Gasteiger partial charge in [0.25, 0.3) is 11.6 Å². The van der Waals surface area contributed by atoms with Crippen molar-refractivity contribution in [2.75, 3.05) is 6.54 Å². The van der Waals surface area contributed by atoms with Gasteiger partial charge in [-0.05, 0) is 43.2 Å². The Balaban J connectivity index is 1.55. The Hall–Kier alpha value is -3.59. The van der Waals surface area contributed by atoms with E-state index in [0.29, 0.717) is 12.3 Å². The number of nitrogens with zero attached hydrogens (tertiary/aromatic N) is 4. The number of rotatable bonds is 9. The van der Waals surface area contributed by atoms with Gasteiger partial charge in [-0.15, -0.1) is 0 Å². The standard InChI is InChI=1S/C23H23ClN4O5/c1-25-10-2-4-18(25)13-26(14-19-5-3-11-33-19)22(29)15-27(16-6-7-16)23(30)20-9-8-17(28(31)32)12-21(20)24/h2-5,8-12,16H,6-7,13-15H2,1H3. The minimum Gasteiger partial charge on any atom is -0.467 e. The van der Waals surface area contributed by atoms with Gasteiger partial charge in [-0.1, -0.05) is 11.6 Å². The number of non-ortho nitro benzene ring substituents is 1. The van der Waals surface area contributed by atoms with E-state index in [1.54, 1.807) is 23.3 Å². The molecule has 2 heterocycles. The molecule has 0 bridgehead atoms. The number of amides is 2. The van der Waals surface area contributed by atoms with E-state index in [-0.39, 0.29) is 41.3 Å². The summed E-state index contributed by atoms with van der Waals surface area (Å²) in [5, 5.41) is 11.0. The first-order valence-corrected chi connectivity index (χ1v) is 10.9. The highest BCUT2D eigenvalue weighted by Crippen LogP contribution is 2.31. The van der Waals surface area contributed by atoms with Crippen molar-refractivity contribution in [3.8, 4) is 0 Å². The molecule has 1 aliphatic rings. The Morgan fingerprint density at radius 3 is 2.58 bits per heavy atom. The highest BCUT2D eigenvalue weighted by Gasteiger charge is 2.36. The second-order valence-electron chi connectivity index (χ2n) is 8.03. The Bertz CT molecular complexity index is 1170. The van der Waals surface area contributed by atoms with Crippen LogP contribution >= 0.6 is 11.6 Å². The number of hydrogen-bond donors (Lipinski definition) is 0. The molecular weight excluding hydrogens is 448 g/mol. The second-order valence-corrected chi connectivity index (χ2v) is 8.43. The second kappa shape index (κ2) is 9.50. The molecule has 0 unspecified atom stereocenters. The zero-order valence-electron chi connectivity index (χ0n) is 18.0. The Labute approximate surface area is 195 Å². The quantitative estimate of drug-likeness (QED) is 0.347. The Morgan fingerprint density at radius 2 is 2.00 bits per heavy atom. The molecule has 0 aliphatic heterocycles. The van der Waals surface area contributed by atoms with E-state index in [1.807, 2.05) is 29.9 Å². The van der Waals surface area contributed by atoms with Gasteiger partial charge in [0, 0.05) is 37.1 Å². The van der Waals surface area contributed by atoms with E-state index in [9.17, 15) is 19.7 Å². The fourth-order valence-corrected chi connectivity index (χ4v) is 3.88. The lowest BCUT2D eigenvalue weighted by Crippen LogP contribution is -2.43. The number of carbonyl (C=O) groups excluding carboxylic acids is 2. The number of nitro benzene ring substituents is 1. The summed E-state index contributed by atoms with van der Waals surface area (Å²) in [6, 6.07) is 11.1. The molecule has 172 valence electrons. The van der Waals surface area contributed by atoms with Crippen LogP contribution in [-0.4, -0.2) is 43.7 Å². The van der Waals surface area contributed by atoms with Crippen LogP contribution < -0.4 is 0 Å². The van der Waals surface area contributed by atoms with Gasteiger partial charge < -0.3 is 18.8 Å². The summed E-state index contributed by atoms with van der Waals surface area (Å²) in [4.78, 5) is 40.2. The predicted octanol–water partition coefficient (Wildman–Crippen LogP) is 4.01. The maximum Gasteiger partial charge on any atom is 0.270 e. The van der Waals surface area contributed by atoms with Crippen LogP contribution in [-0.2, 0) is 24.9 Å². The molecule has 2 aromatic heterocycles. The molecule has 0 atom stereocenters. The van der Waals surface area contributed by atoms with Gasteiger partial charge in [0.1, 0.15) is 12.3 Å². The summed E-state index contributed by atoms with van der Waals surface area (Å²) in [6.07, 6.45) is 5.04. The van der Waals surface area contributed by atoms with E-state index >= 15 is 0 Å². The molecule has 0 saturated heterocycles. The first-order chi connectivity index (χ1) is 15.8. The fraction of sp³-hybridized carbons (Fsp3) is 0.304. The third kappa shape index (κ3) is 5.25. The zero-order valence-corrected chi connectivity index (χ0v) is 18.8. The molecule has 4 rings (SSSR count). The van der Waals surface area contributed by atoms with Crippen molar-refractivity contribution in [2.24, 2.45) is 7.05 Å². The van der Waals surface area contributed by atoms with Crippen molar-refractivity contribution in [2.45, 2.75) is 32.0 Å². The molecule has 1 fully saturated rings. The van der Waals surface area contributed by atoms with Crippen LogP contribution in [0.3, 0.4) is 0 Å². The summed E-state index contributed by atoms with van der Waals surface area (Å²) >= 11 is 6.18. The molecule has 2 amide bonds. The van der Waals surface area contributed by atoms with Crippen molar-refractivity contribution < 1.29 is 18.9 Å². The van der Waals surface area contributed by atoms with Crippen LogP contribution in [0, 0.1) is 10.1 Å². The SMILES string of the molecule is Cn1cccc1CN(Cc1ccco1)C(=O)CN(C(=O)c1ccc([N+](=O)[O-])cc1Cl)C1CC1. The highest BCUT2D eigenvalue weighted by atomic mass is 35.5. The molecule has 33 heavy (non-hydrogen) atoms. The molecule has 1 saturated carbocycles. The number of aromatic nitrogens is 1. The van der Waals surface area contributed by atoms with E-state index in [4.69, 9.17) is 16.0 Å². The van der Waals surface area contributed by atoms with Gasteiger partial charge in [0.05, 0.1) is 34.9 Å². The van der Waals surface area contributed by atoms with Gasteiger partial charge in [-0.2, -0.15) is 0 Å². The lowest BCUT2D eigenvalue weighted by Gasteiger charge is -2.27. The molecule has 9 nitrogen and oxygen atoms in total. The van der Waals surface area contributed by atoms with Gasteiger partial charge >= 0.3 is 0 Å². The third-order valence-electron chi connectivity index (χ3n) is 5.63. The van der Waals surface area contributed by atoms with E-state index < -0.39 is 10.8 Å². The largest absolute Gasteiger partial charge is 0.467 e. The maximum atomic E-state index is 13.4. The van der Waals surface area contributed by atoms with E-state index in [1.165, 1.54) is 17.0 Å². The molecule has 0 radical (unpaired) electrons. The summed E-state index contributed by atoms with van der Waals surface area (Å²) in [7, 11) is 1.90. The van der Waals surface area contributed by atoms with Gasteiger partial charge in [0.15, 0.2) is 0 Å². The van der Waals surface area contributed by atoms with Gasteiger partial charge in [-0.3, -0.25) is 19.7 Å². The van der Waals surface area contributed by atoms with Crippen molar-refractivity contribution in [3.05, 3.63) is 87.1 Å². The van der Waals surface area contributed by atoms with E-state index in [0.717, 1.165) is 24.6 Å². The molecule has 0 spiro atoms. The minimum absolute atomic E-state index is 0.0106. The maximum absolute atomic E-state index is 13.4. The molecular formula is C23H23ClN4O5. The monoisotopic (exact) mass is 470 g/mol. The average Bonchev–Trinajstić information content (AvgIpc) is 3.34. The topological polar surface area (TPSA) is 102 Å². The number of carbonyl (C=O) groups is 2. The first kappa shape index (κ1) is 22.6. The van der Waals surface area contributed by atoms with Crippen LogP contribution in [0.1, 0.15) is 34.7 Å². The third-order valence-corrected chi connectivity index (χ3v) is 5.94. The number of halogens is 1. The summed E-state index contributed by atoms with van der Waals surface area (Å²) in [5.41, 5.74) is 0.886. The number of aryl methyl sites for hydroxylation is 1. The molecule has 1 aliphatic carbocycles. The smallest absolute Gasteiger partial charge is 0.270 e. The summed E-state index contributed by atoms with van der Waals surface area (Å²) in [5.74, 6) is -0.00582. The average molecular weight is 471 g/mol. The van der Waals surface area contributed by atoms with Gasteiger partial charge in [-0.25, -0.2) is 0 Å². The van der Waals surface area contributed by atoms with Crippen molar-refractivity contribution in [1.82, 2.24) is 14.4 Å². The Kier molecular flexibility index (Phi) is 6.50. The van der Waals surface area contributed by atoms with Crippen LogP contribution in [0.4, 0.5) is 5.69 Å². The molecule has 3 aromatic rings. The number of nitro groups is 1. The van der Waals surface area contributed by atoms with Crippen LogP contribution in [0.2, 0.25) is 5.02 Å². The zero-order chi connectivity index (χ0) is 23.5. The van der Waals surface area contributed by atoms with Crippen LogP contribution in [0.25, 0.3) is 0 Å². The lowest BCUT2D eigenvalue weighted by atomic mass is 10.1. The van der Waals surface area contributed by atoms with Crippen molar-refractivity contribution in [1.29, 1.82) is 0 Å². The predicted molar refractivity (Wildman–Crippen MR) is 121 cm³/mol. The Morgan fingerprint density at radius 1 is 1.21 bits per heavy atom. The molecule has 10 heteroatoms. The lowest BCUT2D eigenvalue weighted by molar-refractivity contribution is -0.384. The van der Waals surface area contributed by atoms with Crippen molar-refractivity contribution in [3.63, 3.8) is 0 Å². The summed E-state index contributed by atoms with van der Waals surface area (Å²) < 4.78 is 7.37. The first-order valence-electron chi connectivity index (χ1n) is 10.5. The van der Waals surface area contributed by atoms with Crippen LogP contribution in [0.15, 0.2) is 59.3 Å².